The lowest BCUT2D eigenvalue weighted by Crippen LogP contribution is -2.28. The van der Waals surface area contributed by atoms with Crippen LogP contribution in [-0.4, -0.2) is 28.7 Å². The minimum atomic E-state index is -0.254. The molecule has 2 aromatic heterocycles. The average molecular weight is 324 g/mol. The van der Waals surface area contributed by atoms with Crippen LogP contribution in [0.3, 0.4) is 0 Å². The van der Waals surface area contributed by atoms with Gasteiger partial charge in [-0.3, -0.25) is 9.59 Å². The number of carbonyl (C=O) groups excluding carboxylic acids is 1. The Balaban J connectivity index is 1.77. The second kappa shape index (κ2) is 5.99. The molecule has 21 heavy (non-hydrogen) atoms. The standard InChI is InChI=1S/C14H14ClN3O2S/c15-13-4-3-12(21-13)11(19)9-18-14(20)7-10(8-16-18)17-5-1-2-6-17/h3-4,7-8H,1-2,5-6,9H2. The topological polar surface area (TPSA) is 55.2 Å². The van der Waals surface area contributed by atoms with Gasteiger partial charge in [-0.2, -0.15) is 5.10 Å². The molecule has 1 aliphatic rings. The van der Waals surface area contributed by atoms with Gasteiger partial charge in [-0.1, -0.05) is 11.6 Å². The van der Waals surface area contributed by atoms with Crippen molar-refractivity contribution in [3.05, 3.63) is 44.0 Å². The molecule has 1 fully saturated rings. The number of ketones is 1. The smallest absolute Gasteiger partial charge is 0.269 e. The molecule has 7 heteroatoms. The van der Waals surface area contributed by atoms with Gasteiger partial charge in [-0.15, -0.1) is 11.3 Å². The van der Waals surface area contributed by atoms with Gasteiger partial charge in [0.25, 0.3) is 5.56 Å². The van der Waals surface area contributed by atoms with E-state index in [2.05, 4.69) is 10.00 Å². The zero-order valence-corrected chi connectivity index (χ0v) is 12.9. The molecule has 0 unspecified atom stereocenters. The van der Waals surface area contributed by atoms with Gasteiger partial charge in [0, 0.05) is 19.2 Å². The molecular formula is C14H14ClN3O2S. The van der Waals surface area contributed by atoms with Crippen LogP contribution >= 0.6 is 22.9 Å². The number of rotatable bonds is 4. The van der Waals surface area contributed by atoms with E-state index in [1.165, 1.54) is 16.0 Å². The third kappa shape index (κ3) is 3.16. The van der Waals surface area contributed by atoms with Gasteiger partial charge < -0.3 is 4.90 Å². The molecule has 1 saturated heterocycles. The maximum Gasteiger partial charge on any atom is 0.269 e. The van der Waals surface area contributed by atoms with Crippen molar-refractivity contribution < 1.29 is 4.79 Å². The summed E-state index contributed by atoms with van der Waals surface area (Å²) < 4.78 is 1.75. The fourth-order valence-electron chi connectivity index (χ4n) is 2.37. The summed E-state index contributed by atoms with van der Waals surface area (Å²) in [7, 11) is 0. The first kappa shape index (κ1) is 14.3. The zero-order valence-electron chi connectivity index (χ0n) is 11.3. The molecule has 0 radical (unpaired) electrons. The number of Topliss-reactive ketones (excluding diaryl/α,β-unsaturated/α-hetero) is 1. The molecule has 3 heterocycles. The van der Waals surface area contributed by atoms with E-state index in [-0.39, 0.29) is 17.9 Å². The molecule has 3 rings (SSSR count). The molecule has 0 aromatic carbocycles. The van der Waals surface area contributed by atoms with Crippen LogP contribution in [0.2, 0.25) is 4.34 Å². The van der Waals surface area contributed by atoms with Crippen LogP contribution in [-0.2, 0) is 6.54 Å². The van der Waals surface area contributed by atoms with Crippen LogP contribution in [0.4, 0.5) is 5.69 Å². The minimum Gasteiger partial charge on any atom is -0.370 e. The molecule has 0 N–H and O–H groups in total. The summed E-state index contributed by atoms with van der Waals surface area (Å²) in [5.74, 6) is -0.157. The van der Waals surface area contributed by atoms with Gasteiger partial charge in [-0.25, -0.2) is 4.68 Å². The lowest BCUT2D eigenvalue weighted by Gasteiger charge is -2.16. The van der Waals surface area contributed by atoms with Crippen molar-refractivity contribution in [2.75, 3.05) is 18.0 Å². The van der Waals surface area contributed by atoms with E-state index in [1.807, 2.05) is 0 Å². The Morgan fingerprint density at radius 2 is 2.10 bits per heavy atom. The number of carbonyl (C=O) groups is 1. The molecule has 2 aromatic rings. The number of anilines is 1. The highest BCUT2D eigenvalue weighted by Gasteiger charge is 2.15. The first-order valence-electron chi connectivity index (χ1n) is 6.74. The lowest BCUT2D eigenvalue weighted by atomic mass is 10.3. The van der Waals surface area contributed by atoms with Gasteiger partial charge in [0.15, 0.2) is 5.78 Å². The molecule has 0 amide bonds. The number of halogens is 1. The van der Waals surface area contributed by atoms with Gasteiger partial charge in [0.2, 0.25) is 0 Å². The molecule has 0 aliphatic carbocycles. The molecule has 0 spiro atoms. The monoisotopic (exact) mass is 323 g/mol. The molecule has 110 valence electrons. The lowest BCUT2D eigenvalue weighted by molar-refractivity contribution is 0.0969. The summed E-state index contributed by atoms with van der Waals surface area (Å²) in [5, 5.41) is 4.11. The fourth-order valence-corrected chi connectivity index (χ4v) is 3.34. The van der Waals surface area contributed by atoms with E-state index in [0.717, 1.165) is 31.6 Å². The van der Waals surface area contributed by atoms with Gasteiger partial charge >= 0.3 is 0 Å². The van der Waals surface area contributed by atoms with Crippen molar-refractivity contribution in [2.45, 2.75) is 19.4 Å². The number of hydrogen-bond donors (Lipinski definition) is 0. The Morgan fingerprint density at radius 3 is 2.71 bits per heavy atom. The van der Waals surface area contributed by atoms with Gasteiger partial charge in [0.1, 0.15) is 6.54 Å². The number of thiophene rings is 1. The summed E-state index contributed by atoms with van der Waals surface area (Å²) in [5.41, 5.74) is 0.579. The molecular weight excluding hydrogens is 310 g/mol. The summed E-state index contributed by atoms with van der Waals surface area (Å²) in [6.45, 7) is 1.85. The van der Waals surface area contributed by atoms with E-state index in [4.69, 9.17) is 11.6 Å². The largest absolute Gasteiger partial charge is 0.370 e. The number of aromatic nitrogens is 2. The van der Waals surface area contributed by atoms with Crippen LogP contribution < -0.4 is 10.5 Å². The van der Waals surface area contributed by atoms with Crippen molar-refractivity contribution in [3.63, 3.8) is 0 Å². The second-order valence-corrected chi connectivity index (χ2v) is 6.65. The normalized spacial score (nSPS) is 14.6. The van der Waals surface area contributed by atoms with Crippen LogP contribution in [0, 0.1) is 0 Å². The Bertz CT molecular complexity index is 719. The predicted octanol–water partition coefficient (Wildman–Crippen LogP) is 2.44. The van der Waals surface area contributed by atoms with E-state index in [1.54, 1.807) is 24.4 Å². The fraction of sp³-hybridized carbons (Fsp3) is 0.357. The average Bonchev–Trinajstić information content (AvgIpc) is 3.12. The molecule has 0 bridgehead atoms. The van der Waals surface area contributed by atoms with Gasteiger partial charge in [-0.05, 0) is 25.0 Å². The predicted molar refractivity (Wildman–Crippen MR) is 83.6 cm³/mol. The summed E-state index contributed by atoms with van der Waals surface area (Å²) in [4.78, 5) is 26.8. The Labute approximate surface area is 130 Å². The third-order valence-electron chi connectivity index (χ3n) is 3.47. The van der Waals surface area contributed by atoms with Crippen LogP contribution in [0.15, 0.2) is 29.2 Å². The first-order chi connectivity index (χ1) is 10.1. The Morgan fingerprint density at radius 1 is 1.33 bits per heavy atom. The van der Waals surface area contributed by atoms with E-state index < -0.39 is 0 Å². The Hall–Kier alpha value is -1.66. The maximum atomic E-state index is 12.1. The van der Waals surface area contributed by atoms with Crippen LogP contribution in [0.5, 0.6) is 0 Å². The maximum absolute atomic E-state index is 12.1. The summed E-state index contributed by atoms with van der Waals surface area (Å²) >= 11 is 7.02. The number of nitrogens with zero attached hydrogens (tertiary/aromatic N) is 3. The van der Waals surface area contributed by atoms with Crippen molar-refractivity contribution in [2.24, 2.45) is 0 Å². The highest BCUT2D eigenvalue weighted by atomic mass is 35.5. The first-order valence-corrected chi connectivity index (χ1v) is 7.93. The van der Waals surface area contributed by atoms with Crippen LogP contribution in [0.1, 0.15) is 22.5 Å². The molecule has 5 nitrogen and oxygen atoms in total. The SMILES string of the molecule is O=C(Cn1ncc(N2CCCC2)cc1=O)c1ccc(Cl)s1. The summed E-state index contributed by atoms with van der Waals surface area (Å²) in [6, 6.07) is 4.89. The zero-order chi connectivity index (χ0) is 14.8. The molecule has 1 aliphatic heterocycles. The highest BCUT2D eigenvalue weighted by Crippen LogP contribution is 2.22. The third-order valence-corrected chi connectivity index (χ3v) is 4.74. The van der Waals surface area contributed by atoms with Crippen molar-refractivity contribution in [1.29, 1.82) is 0 Å². The number of hydrogen-bond acceptors (Lipinski definition) is 5. The van der Waals surface area contributed by atoms with E-state index in [0.29, 0.717) is 9.21 Å². The Kier molecular flexibility index (Phi) is 4.07. The second-order valence-electron chi connectivity index (χ2n) is 4.93. The van der Waals surface area contributed by atoms with Gasteiger partial charge in [0.05, 0.1) is 21.1 Å². The molecule has 0 saturated carbocycles. The van der Waals surface area contributed by atoms with Crippen LogP contribution in [0.25, 0.3) is 0 Å². The minimum absolute atomic E-state index is 0.0596. The van der Waals surface area contributed by atoms with Crippen molar-refractivity contribution in [1.82, 2.24) is 9.78 Å². The summed E-state index contributed by atoms with van der Waals surface area (Å²) in [6.07, 6.45) is 3.93. The van der Waals surface area contributed by atoms with Crippen molar-refractivity contribution >= 4 is 34.4 Å². The van der Waals surface area contributed by atoms with Crippen molar-refractivity contribution in [3.8, 4) is 0 Å². The quantitative estimate of drug-likeness (QED) is 0.811. The molecule has 0 atom stereocenters. The van der Waals surface area contributed by atoms with E-state index in [9.17, 15) is 9.59 Å². The van der Waals surface area contributed by atoms with E-state index >= 15 is 0 Å². The highest BCUT2D eigenvalue weighted by molar-refractivity contribution is 7.18.